The van der Waals surface area contributed by atoms with E-state index in [1.807, 2.05) is 0 Å². The van der Waals surface area contributed by atoms with Crippen LogP contribution in [0.25, 0.3) is 0 Å². The maximum absolute atomic E-state index is 14.0. The van der Waals surface area contributed by atoms with E-state index in [1.54, 1.807) is 0 Å². The van der Waals surface area contributed by atoms with Crippen molar-refractivity contribution in [1.82, 2.24) is 0 Å². The van der Waals surface area contributed by atoms with Crippen LogP contribution in [0, 0.1) is 0 Å². The van der Waals surface area contributed by atoms with Crippen molar-refractivity contribution in [2.75, 3.05) is 18.1 Å². The van der Waals surface area contributed by atoms with E-state index in [1.165, 1.54) is 18.4 Å². The highest BCUT2D eigenvalue weighted by Gasteiger charge is 2.53. The number of hydrogen-bond donors (Lipinski definition) is 2. The maximum atomic E-state index is 14.0. The van der Waals surface area contributed by atoms with E-state index in [0.29, 0.717) is 6.07 Å². The van der Waals surface area contributed by atoms with E-state index in [4.69, 9.17) is 9.11 Å². The minimum absolute atomic E-state index is 0.0443. The van der Waals surface area contributed by atoms with E-state index in [-0.39, 0.29) is 61.7 Å². The molecule has 2 N–H and O–H groups in total. The zero-order valence-corrected chi connectivity index (χ0v) is 20.5. The van der Waals surface area contributed by atoms with E-state index in [0.717, 1.165) is 0 Å². The lowest BCUT2D eigenvalue weighted by Crippen LogP contribution is -2.32. The Morgan fingerprint density at radius 2 is 1.37 bits per heavy atom. The highest BCUT2D eigenvalue weighted by atomic mass is 32.2. The van der Waals surface area contributed by atoms with Gasteiger partial charge in [0.1, 0.15) is 6.54 Å². The largest absolute Gasteiger partial charge is 0.416 e. The van der Waals surface area contributed by atoms with E-state index < -0.39 is 60.6 Å². The lowest BCUT2D eigenvalue weighted by molar-refractivity contribution is -0.439. The number of halogens is 6. The predicted octanol–water partition coefficient (Wildman–Crippen LogP) is 4.83. The summed E-state index contributed by atoms with van der Waals surface area (Å²) in [7, 11) is -8.58. The van der Waals surface area contributed by atoms with Crippen molar-refractivity contribution in [3.8, 4) is 0 Å². The molecule has 1 aliphatic rings. The van der Waals surface area contributed by atoms with Crippen LogP contribution in [-0.2, 0) is 38.0 Å². The number of fused-ring (bicyclic) bond motifs is 1. The van der Waals surface area contributed by atoms with Crippen LogP contribution in [0.2, 0.25) is 0 Å². The highest BCUT2D eigenvalue weighted by molar-refractivity contribution is 7.86. The molecule has 0 saturated carbocycles. The SMILES string of the molecule is CC1=[N+](CCCCS(=O)(=O)O)c2cc(C(F)(F)F)cc(C(F)(F)F)c2C1(C)CCCCS(=O)(=O)O. The number of benzene rings is 1. The Morgan fingerprint density at radius 3 is 1.83 bits per heavy atom. The molecule has 2 rings (SSSR count). The molecule has 15 heteroatoms. The van der Waals surface area contributed by atoms with Crippen molar-refractivity contribution >= 4 is 31.6 Å². The third kappa shape index (κ3) is 7.40. The van der Waals surface area contributed by atoms with Crippen molar-refractivity contribution in [3.63, 3.8) is 0 Å². The van der Waals surface area contributed by atoms with Gasteiger partial charge in [0.05, 0.1) is 33.6 Å². The molecule has 1 atom stereocenters. The first-order valence-corrected chi connectivity index (χ1v) is 13.7. The standard InChI is InChI=1S/C20H25F6NO6S2/c1-13-18(2,7-3-5-9-34(28,29)30)17-15(20(24,25)26)11-14(19(21,22)23)12-16(17)27(13)8-4-6-10-35(31,32)33/h11-12H,3-10H2,1-2H3,(H-,28,29,30,31,32,33)/p+1. The maximum Gasteiger partial charge on any atom is 0.416 e. The molecule has 0 bridgehead atoms. The molecule has 35 heavy (non-hydrogen) atoms. The summed E-state index contributed by atoms with van der Waals surface area (Å²) < 4.78 is 145. The average molecular weight is 555 g/mol. The molecule has 0 radical (unpaired) electrons. The van der Waals surface area contributed by atoms with Crippen LogP contribution >= 0.6 is 0 Å². The lowest BCUT2D eigenvalue weighted by atomic mass is 9.73. The summed E-state index contributed by atoms with van der Waals surface area (Å²) in [5, 5.41) is 0. The zero-order chi connectivity index (χ0) is 27.0. The molecule has 1 aliphatic heterocycles. The van der Waals surface area contributed by atoms with Gasteiger partial charge in [-0.1, -0.05) is 6.42 Å². The molecule has 1 aromatic carbocycles. The molecule has 200 valence electrons. The Bertz CT molecular complexity index is 1210. The Labute approximate surface area is 199 Å². The Balaban J connectivity index is 2.60. The summed E-state index contributed by atoms with van der Waals surface area (Å²) in [6.07, 6.45) is -10.3. The van der Waals surface area contributed by atoms with Crippen LogP contribution < -0.4 is 0 Å². The Kier molecular flexibility index (Phi) is 8.42. The average Bonchev–Trinajstić information content (AvgIpc) is 2.87. The lowest BCUT2D eigenvalue weighted by Gasteiger charge is -2.26. The molecule has 0 saturated heterocycles. The van der Waals surface area contributed by atoms with Gasteiger partial charge < -0.3 is 0 Å². The number of hydrogen-bond acceptors (Lipinski definition) is 4. The van der Waals surface area contributed by atoms with Crippen molar-refractivity contribution in [2.45, 2.75) is 63.7 Å². The van der Waals surface area contributed by atoms with Gasteiger partial charge in [0.2, 0.25) is 5.69 Å². The highest BCUT2D eigenvalue weighted by Crippen LogP contribution is 2.51. The van der Waals surface area contributed by atoms with E-state index in [9.17, 15) is 43.2 Å². The van der Waals surface area contributed by atoms with Crippen molar-refractivity contribution in [2.24, 2.45) is 0 Å². The van der Waals surface area contributed by atoms with Crippen LogP contribution in [0.5, 0.6) is 0 Å². The van der Waals surface area contributed by atoms with Gasteiger partial charge in [-0.15, -0.1) is 0 Å². The van der Waals surface area contributed by atoms with Crippen LogP contribution in [0.3, 0.4) is 0 Å². The minimum atomic E-state index is -5.12. The molecule has 0 aromatic heterocycles. The van der Waals surface area contributed by atoms with Gasteiger partial charge in [-0.2, -0.15) is 47.8 Å². The van der Waals surface area contributed by atoms with Gasteiger partial charge >= 0.3 is 12.4 Å². The monoisotopic (exact) mass is 554 g/mol. The van der Waals surface area contributed by atoms with Crippen LogP contribution in [-0.4, -0.2) is 54.3 Å². The van der Waals surface area contributed by atoms with Gasteiger partial charge in [-0.25, -0.2) is 0 Å². The van der Waals surface area contributed by atoms with E-state index >= 15 is 0 Å². The predicted molar refractivity (Wildman–Crippen MR) is 115 cm³/mol. The summed E-state index contributed by atoms with van der Waals surface area (Å²) in [6, 6.07) is 0.685. The molecule has 0 fully saturated rings. The zero-order valence-electron chi connectivity index (χ0n) is 18.9. The van der Waals surface area contributed by atoms with Crippen molar-refractivity contribution < 1.29 is 56.9 Å². The molecule has 1 heterocycles. The summed E-state index contributed by atoms with van der Waals surface area (Å²) in [4.78, 5) is 0. The van der Waals surface area contributed by atoms with Gasteiger partial charge in [0, 0.05) is 19.4 Å². The van der Waals surface area contributed by atoms with Crippen molar-refractivity contribution in [3.05, 3.63) is 28.8 Å². The third-order valence-electron chi connectivity index (χ3n) is 6.16. The molecule has 0 spiro atoms. The first-order chi connectivity index (χ1) is 15.7. The van der Waals surface area contributed by atoms with Gasteiger partial charge in [-0.05, 0) is 32.3 Å². The number of alkyl halides is 6. The smallest absolute Gasteiger partial charge is 0.286 e. The van der Waals surface area contributed by atoms with Crippen LogP contribution in [0.1, 0.15) is 62.6 Å². The summed E-state index contributed by atoms with van der Waals surface area (Å²) in [5.74, 6) is -1.23. The number of unbranched alkanes of at least 4 members (excludes halogenated alkanes) is 2. The van der Waals surface area contributed by atoms with Crippen LogP contribution in [0.15, 0.2) is 12.1 Å². The number of rotatable bonds is 10. The van der Waals surface area contributed by atoms with Gasteiger partial charge in [0.25, 0.3) is 20.2 Å². The second kappa shape index (κ2) is 9.98. The first-order valence-electron chi connectivity index (χ1n) is 10.5. The molecule has 0 amide bonds. The minimum Gasteiger partial charge on any atom is -0.286 e. The second-order valence-corrected chi connectivity index (χ2v) is 11.9. The quantitative estimate of drug-likeness (QED) is 0.186. The summed E-state index contributed by atoms with van der Waals surface area (Å²) in [6.45, 7) is 2.78. The molecule has 0 aliphatic carbocycles. The molecule has 7 nitrogen and oxygen atoms in total. The Hall–Kier alpha value is -1.71. The van der Waals surface area contributed by atoms with Crippen LogP contribution in [0.4, 0.5) is 32.0 Å². The normalized spacial score (nSPS) is 19.4. The second-order valence-electron chi connectivity index (χ2n) is 8.72. The van der Waals surface area contributed by atoms with Gasteiger partial charge in [-0.3, -0.25) is 9.11 Å². The topological polar surface area (TPSA) is 112 Å². The third-order valence-corrected chi connectivity index (χ3v) is 7.77. The van der Waals surface area contributed by atoms with Gasteiger partial charge in [0.15, 0.2) is 5.71 Å². The number of nitrogens with zero attached hydrogens (tertiary/aromatic N) is 1. The summed E-state index contributed by atoms with van der Waals surface area (Å²) >= 11 is 0. The fourth-order valence-corrected chi connectivity index (χ4v) is 5.52. The Morgan fingerprint density at radius 1 is 0.857 bits per heavy atom. The van der Waals surface area contributed by atoms with E-state index in [2.05, 4.69) is 0 Å². The molecular weight excluding hydrogens is 528 g/mol. The summed E-state index contributed by atoms with van der Waals surface area (Å²) in [5.41, 5.74) is -4.76. The van der Waals surface area contributed by atoms with Crippen molar-refractivity contribution in [1.29, 1.82) is 0 Å². The molecular formula is C20H26F6NO6S2+. The molecule has 1 aromatic rings. The molecule has 1 unspecified atom stereocenters. The fourth-order valence-electron chi connectivity index (χ4n) is 4.38. The fraction of sp³-hybridized carbons (Fsp3) is 0.650. The first kappa shape index (κ1) is 29.5.